The summed E-state index contributed by atoms with van der Waals surface area (Å²) in [5.41, 5.74) is 5.64. The van der Waals surface area contributed by atoms with Crippen LogP contribution >= 0.6 is 0 Å². The zero-order valence-corrected chi connectivity index (χ0v) is 12.7. The SMILES string of the molecule is CO[C@H]1C[C@@H](Cn2ccc(N)n2)N(C(=O)c2ccc(C)o2)C1. The zero-order chi connectivity index (χ0) is 15.7. The van der Waals surface area contributed by atoms with Crippen LogP contribution in [0, 0.1) is 6.92 Å². The van der Waals surface area contributed by atoms with Gasteiger partial charge in [-0.15, -0.1) is 0 Å². The molecule has 3 heterocycles. The second-order valence-corrected chi connectivity index (χ2v) is 5.58. The lowest BCUT2D eigenvalue weighted by Crippen LogP contribution is -2.38. The molecule has 22 heavy (non-hydrogen) atoms. The number of amides is 1. The van der Waals surface area contributed by atoms with Crippen molar-refractivity contribution in [2.75, 3.05) is 19.4 Å². The van der Waals surface area contributed by atoms with Crippen LogP contribution in [-0.2, 0) is 11.3 Å². The summed E-state index contributed by atoms with van der Waals surface area (Å²) in [5.74, 6) is 1.44. The molecule has 2 aromatic heterocycles. The van der Waals surface area contributed by atoms with E-state index in [9.17, 15) is 4.79 Å². The number of anilines is 1. The second kappa shape index (κ2) is 5.84. The Morgan fingerprint density at radius 2 is 2.32 bits per heavy atom. The van der Waals surface area contributed by atoms with Gasteiger partial charge in [-0.05, 0) is 31.5 Å². The lowest BCUT2D eigenvalue weighted by atomic mass is 10.2. The molecule has 1 aliphatic heterocycles. The first-order valence-corrected chi connectivity index (χ1v) is 7.26. The quantitative estimate of drug-likeness (QED) is 0.920. The molecule has 0 aliphatic carbocycles. The molecule has 1 saturated heterocycles. The predicted molar refractivity (Wildman–Crippen MR) is 80.3 cm³/mol. The molecule has 7 nitrogen and oxygen atoms in total. The van der Waals surface area contributed by atoms with Crippen LogP contribution in [-0.4, -0.2) is 46.4 Å². The number of nitrogen functional groups attached to an aromatic ring is 1. The molecular weight excluding hydrogens is 284 g/mol. The summed E-state index contributed by atoms with van der Waals surface area (Å²) in [6, 6.07) is 5.24. The number of hydrogen-bond acceptors (Lipinski definition) is 5. The van der Waals surface area contributed by atoms with E-state index in [-0.39, 0.29) is 18.1 Å². The van der Waals surface area contributed by atoms with Crippen LogP contribution in [0.4, 0.5) is 5.82 Å². The highest BCUT2D eigenvalue weighted by atomic mass is 16.5. The first-order valence-electron chi connectivity index (χ1n) is 7.26. The molecule has 1 amide bonds. The van der Waals surface area contributed by atoms with Crippen molar-refractivity contribution in [1.82, 2.24) is 14.7 Å². The number of aromatic nitrogens is 2. The lowest BCUT2D eigenvalue weighted by molar-refractivity contribution is 0.0647. The number of nitrogens with zero attached hydrogens (tertiary/aromatic N) is 3. The molecule has 0 saturated carbocycles. The maximum absolute atomic E-state index is 12.6. The fraction of sp³-hybridized carbons (Fsp3) is 0.467. The van der Waals surface area contributed by atoms with Crippen LogP contribution in [0.5, 0.6) is 0 Å². The van der Waals surface area contributed by atoms with Crippen molar-refractivity contribution in [3.8, 4) is 0 Å². The Bertz CT molecular complexity index is 663. The van der Waals surface area contributed by atoms with E-state index in [2.05, 4.69) is 5.10 Å². The molecular formula is C15H20N4O3. The van der Waals surface area contributed by atoms with E-state index in [1.54, 1.807) is 34.9 Å². The smallest absolute Gasteiger partial charge is 0.289 e. The van der Waals surface area contributed by atoms with Crippen LogP contribution in [0.15, 0.2) is 28.8 Å². The van der Waals surface area contributed by atoms with Gasteiger partial charge in [-0.3, -0.25) is 9.48 Å². The van der Waals surface area contributed by atoms with Gasteiger partial charge in [0, 0.05) is 19.9 Å². The summed E-state index contributed by atoms with van der Waals surface area (Å²) in [6.45, 7) is 2.96. The van der Waals surface area contributed by atoms with Crippen LogP contribution in [0.2, 0.25) is 0 Å². The number of likely N-dealkylation sites (tertiary alicyclic amines) is 1. The van der Waals surface area contributed by atoms with E-state index >= 15 is 0 Å². The molecule has 0 bridgehead atoms. The van der Waals surface area contributed by atoms with Gasteiger partial charge in [0.15, 0.2) is 5.76 Å². The minimum absolute atomic E-state index is 0.00200. The monoisotopic (exact) mass is 304 g/mol. The predicted octanol–water partition coefficient (Wildman–Crippen LogP) is 1.30. The van der Waals surface area contributed by atoms with Gasteiger partial charge in [0.25, 0.3) is 5.91 Å². The topological polar surface area (TPSA) is 86.5 Å². The molecule has 0 spiro atoms. The highest BCUT2D eigenvalue weighted by Crippen LogP contribution is 2.24. The van der Waals surface area contributed by atoms with Crippen LogP contribution < -0.4 is 5.73 Å². The minimum Gasteiger partial charge on any atom is -0.456 e. The molecule has 1 aliphatic rings. The van der Waals surface area contributed by atoms with E-state index in [0.29, 0.717) is 24.7 Å². The molecule has 3 rings (SSSR count). The Morgan fingerprint density at radius 1 is 1.50 bits per heavy atom. The summed E-state index contributed by atoms with van der Waals surface area (Å²) in [4.78, 5) is 14.4. The van der Waals surface area contributed by atoms with Crippen LogP contribution in [0.25, 0.3) is 0 Å². The Kier molecular flexibility index (Phi) is 3.89. The number of nitrogens with two attached hydrogens (primary N) is 1. The maximum Gasteiger partial charge on any atom is 0.289 e. The first kappa shape index (κ1) is 14.6. The van der Waals surface area contributed by atoms with Crippen molar-refractivity contribution in [1.29, 1.82) is 0 Å². The first-order chi connectivity index (χ1) is 10.6. The number of methoxy groups -OCH3 is 1. The summed E-state index contributed by atoms with van der Waals surface area (Å²) in [5, 5.41) is 4.19. The second-order valence-electron chi connectivity index (χ2n) is 5.58. The Balaban J connectivity index is 1.78. The van der Waals surface area contributed by atoms with Crippen molar-refractivity contribution in [2.24, 2.45) is 0 Å². The van der Waals surface area contributed by atoms with Gasteiger partial charge in [0.05, 0.1) is 18.7 Å². The third kappa shape index (κ3) is 2.85. The fourth-order valence-corrected chi connectivity index (χ4v) is 2.85. The van der Waals surface area contributed by atoms with E-state index in [1.807, 2.05) is 13.1 Å². The van der Waals surface area contributed by atoms with Crippen molar-refractivity contribution < 1.29 is 13.9 Å². The lowest BCUT2D eigenvalue weighted by Gasteiger charge is -2.23. The third-order valence-electron chi connectivity index (χ3n) is 3.98. The molecule has 7 heteroatoms. The van der Waals surface area contributed by atoms with Gasteiger partial charge < -0.3 is 19.8 Å². The third-order valence-corrected chi connectivity index (χ3v) is 3.98. The summed E-state index contributed by atoms with van der Waals surface area (Å²) >= 11 is 0. The summed E-state index contributed by atoms with van der Waals surface area (Å²) < 4.78 is 12.6. The standard InChI is InChI=1S/C15H20N4O3/c1-10-3-4-13(22-10)15(20)19-9-12(21-2)7-11(19)8-18-6-5-14(16)17-18/h3-6,11-12H,7-9H2,1-2H3,(H2,16,17)/t11-,12-/m0/s1. The highest BCUT2D eigenvalue weighted by molar-refractivity contribution is 5.92. The molecule has 2 aromatic rings. The molecule has 2 N–H and O–H groups in total. The Hall–Kier alpha value is -2.28. The normalized spacial score (nSPS) is 21.5. The maximum atomic E-state index is 12.6. The number of carbonyl (C=O) groups is 1. The summed E-state index contributed by atoms with van der Waals surface area (Å²) in [7, 11) is 1.67. The van der Waals surface area contributed by atoms with Crippen molar-refractivity contribution in [3.63, 3.8) is 0 Å². The van der Waals surface area contributed by atoms with Crippen molar-refractivity contribution >= 4 is 11.7 Å². The van der Waals surface area contributed by atoms with Crippen LogP contribution in [0.3, 0.4) is 0 Å². The Morgan fingerprint density at radius 3 is 2.91 bits per heavy atom. The Labute approximate surface area is 128 Å². The average Bonchev–Trinajstić information content (AvgIpc) is 3.19. The largest absolute Gasteiger partial charge is 0.456 e. The average molecular weight is 304 g/mol. The van der Waals surface area contributed by atoms with Gasteiger partial charge in [-0.1, -0.05) is 0 Å². The number of carbonyl (C=O) groups excluding carboxylic acids is 1. The number of aryl methyl sites for hydroxylation is 1. The van der Waals surface area contributed by atoms with Gasteiger partial charge >= 0.3 is 0 Å². The molecule has 118 valence electrons. The van der Waals surface area contributed by atoms with Gasteiger partial charge in [0.2, 0.25) is 0 Å². The van der Waals surface area contributed by atoms with E-state index in [1.165, 1.54) is 0 Å². The van der Waals surface area contributed by atoms with Crippen molar-refractivity contribution in [3.05, 3.63) is 35.9 Å². The number of ether oxygens (including phenoxy) is 1. The molecule has 0 radical (unpaired) electrons. The highest BCUT2D eigenvalue weighted by Gasteiger charge is 2.37. The molecule has 1 fully saturated rings. The number of hydrogen-bond donors (Lipinski definition) is 1. The number of rotatable bonds is 4. The fourth-order valence-electron chi connectivity index (χ4n) is 2.85. The zero-order valence-electron chi connectivity index (χ0n) is 12.7. The van der Waals surface area contributed by atoms with Crippen LogP contribution in [0.1, 0.15) is 22.7 Å². The molecule has 0 unspecified atom stereocenters. The molecule has 0 aromatic carbocycles. The minimum atomic E-state index is -0.113. The molecule has 2 atom stereocenters. The van der Waals surface area contributed by atoms with E-state index in [0.717, 1.165) is 12.2 Å². The van der Waals surface area contributed by atoms with Gasteiger partial charge in [0.1, 0.15) is 11.6 Å². The van der Waals surface area contributed by atoms with E-state index in [4.69, 9.17) is 14.9 Å². The summed E-state index contributed by atoms with van der Waals surface area (Å²) in [6.07, 6.45) is 2.61. The van der Waals surface area contributed by atoms with Gasteiger partial charge in [-0.25, -0.2) is 0 Å². The van der Waals surface area contributed by atoms with E-state index < -0.39 is 0 Å². The van der Waals surface area contributed by atoms with Gasteiger partial charge in [-0.2, -0.15) is 5.10 Å². The van der Waals surface area contributed by atoms with Crippen molar-refractivity contribution in [2.45, 2.75) is 32.0 Å². The number of furan rings is 1.